The number of nitrogens with zero attached hydrogens (tertiary/aromatic N) is 1. The molecule has 1 aromatic heterocycles. The molecule has 2 nitrogen and oxygen atoms in total. The van der Waals surface area contributed by atoms with Crippen molar-refractivity contribution in [1.82, 2.24) is 4.57 Å². The number of rotatable bonds is 3. The van der Waals surface area contributed by atoms with Crippen LogP contribution in [-0.2, 0) is 6.54 Å². The molecule has 0 N–H and O–H groups in total. The molecule has 0 spiro atoms. The molecule has 0 saturated carbocycles. The van der Waals surface area contributed by atoms with E-state index in [9.17, 15) is 4.79 Å². The fraction of sp³-hybridized carbons (Fsp3) is 0.615. The second kappa shape index (κ2) is 5.09. The first-order chi connectivity index (χ1) is 7.36. The van der Waals surface area contributed by atoms with Gasteiger partial charge in [-0.3, -0.25) is 4.79 Å². The van der Waals surface area contributed by atoms with Gasteiger partial charge in [-0.15, -0.1) is 0 Å². The monoisotopic (exact) mass is 239 g/mol. The zero-order valence-electron chi connectivity index (χ0n) is 10.5. The highest BCUT2D eigenvalue weighted by Gasteiger charge is 2.23. The molecule has 0 fully saturated rings. The van der Waals surface area contributed by atoms with Crippen molar-refractivity contribution in [3.05, 3.63) is 34.2 Å². The maximum Gasteiger partial charge on any atom is 0.253 e. The molecule has 90 valence electrons. The first-order valence-electron chi connectivity index (χ1n) is 5.63. The van der Waals surface area contributed by atoms with Crippen molar-refractivity contribution in [3.63, 3.8) is 0 Å². The van der Waals surface area contributed by atoms with Gasteiger partial charge >= 0.3 is 0 Å². The maximum atomic E-state index is 11.9. The molecular formula is C13H21NOS. The molecule has 0 radical (unpaired) electrons. The van der Waals surface area contributed by atoms with Gasteiger partial charge in [0.25, 0.3) is 5.56 Å². The smallest absolute Gasteiger partial charge is 0.253 e. The van der Waals surface area contributed by atoms with E-state index in [-0.39, 0.29) is 11.0 Å². The van der Waals surface area contributed by atoms with Crippen LogP contribution in [0.3, 0.4) is 0 Å². The van der Waals surface area contributed by atoms with Crippen LogP contribution in [0, 0.1) is 18.3 Å². The van der Waals surface area contributed by atoms with Gasteiger partial charge in [-0.1, -0.05) is 26.8 Å². The molecule has 1 unspecified atom stereocenters. The Hall–Kier alpha value is -0.700. The Kier molecular flexibility index (Phi) is 4.25. The highest BCUT2D eigenvalue weighted by molar-refractivity contribution is 7.80. The molecule has 0 aromatic carbocycles. The predicted octanol–water partition coefficient (Wildman–Crippen LogP) is 2.75. The normalized spacial score (nSPS) is 13.8. The van der Waals surface area contributed by atoms with Crippen LogP contribution in [0.25, 0.3) is 0 Å². The zero-order valence-corrected chi connectivity index (χ0v) is 11.4. The van der Waals surface area contributed by atoms with E-state index in [1.807, 2.05) is 25.3 Å². The number of aryl methyl sites for hydroxylation is 1. The van der Waals surface area contributed by atoms with Gasteiger partial charge in [-0.2, -0.15) is 12.6 Å². The van der Waals surface area contributed by atoms with E-state index in [4.69, 9.17) is 0 Å². The van der Waals surface area contributed by atoms with Gasteiger partial charge in [0.05, 0.1) is 0 Å². The average molecular weight is 239 g/mol. The topological polar surface area (TPSA) is 22.0 Å². The molecular weight excluding hydrogens is 218 g/mol. The van der Waals surface area contributed by atoms with Crippen molar-refractivity contribution in [1.29, 1.82) is 0 Å². The standard InChI is InChI=1S/C13H21NOS/c1-10-6-5-7-14(12(10)15)8-11(9-16)13(2,3)4/h5-7,11,16H,8-9H2,1-4H3. The zero-order chi connectivity index (χ0) is 12.3. The summed E-state index contributed by atoms with van der Waals surface area (Å²) in [5, 5.41) is 0. The number of aromatic nitrogens is 1. The SMILES string of the molecule is Cc1cccn(CC(CS)C(C)(C)C)c1=O. The summed E-state index contributed by atoms with van der Waals surface area (Å²) in [6.07, 6.45) is 1.86. The summed E-state index contributed by atoms with van der Waals surface area (Å²) in [5.41, 5.74) is 1.08. The van der Waals surface area contributed by atoms with E-state index < -0.39 is 0 Å². The van der Waals surface area contributed by atoms with E-state index in [1.165, 1.54) is 0 Å². The van der Waals surface area contributed by atoms with Crippen molar-refractivity contribution in [2.75, 3.05) is 5.75 Å². The third-order valence-electron chi connectivity index (χ3n) is 3.07. The summed E-state index contributed by atoms with van der Waals surface area (Å²) in [6.45, 7) is 9.16. The number of hydrogen-bond donors (Lipinski definition) is 1. The Labute approximate surface area is 103 Å². The van der Waals surface area contributed by atoms with Crippen molar-refractivity contribution in [2.45, 2.75) is 34.2 Å². The lowest BCUT2D eigenvalue weighted by Gasteiger charge is -2.30. The fourth-order valence-electron chi connectivity index (χ4n) is 1.64. The maximum absolute atomic E-state index is 11.9. The van der Waals surface area contributed by atoms with Crippen LogP contribution in [0.1, 0.15) is 26.3 Å². The summed E-state index contributed by atoms with van der Waals surface area (Å²) in [7, 11) is 0. The first-order valence-corrected chi connectivity index (χ1v) is 6.26. The van der Waals surface area contributed by atoms with E-state index in [0.717, 1.165) is 17.9 Å². The first kappa shape index (κ1) is 13.4. The summed E-state index contributed by atoms with van der Waals surface area (Å²) in [5.74, 6) is 1.19. The quantitative estimate of drug-likeness (QED) is 0.805. The lowest BCUT2D eigenvalue weighted by molar-refractivity contribution is 0.236. The Bertz CT molecular complexity index is 403. The highest BCUT2D eigenvalue weighted by atomic mass is 32.1. The Morgan fingerprint density at radius 3 is 2.56 bits per heavy atom. The highest BCUT2D eigenvalue weighted by Crippen LogP contribution is 2.27. The van der Waals surface area contributed by atoms with Crippen LogP contribution in [0.2, 0.25) is 0 Å². The summed E-state index contributed by atoms with van der Waals surface area (Å²) in [4.78, 5) is 11.9. The minimum absolute atomic E-state index is 0.110. The minimum atomic E-state index is 0.110. The largest absolute Gasteiger partial charge is 0.315 e. The molecule has 1 atom stereocenters. The number of thiol groups is 1. The van der Waals surface area contributed by atoms with Gasteiger partial charge in [0, 0.05) is 18.3 Å². The minimum Gasteiger partial charge on any atom is -0.315 e. The third-order valence-corrected chi connectivity index (χ3v) is 3.51. The fourth-order valence-corrected chi connectivity index (χ4v) is 2.31. The van der Waals surface area contributed by atoms with Gasteiger partial charge in [0.1, 0.15) is 0 Å². The second-order valence-corrected chi connectivity index (χ2v) is 5.76. The van der Waals surface area contributed by atoms with Gasteiger partial charge in [0.15, 0.2) is 0 Å². The van der Waals surface area contributed by atoms with Crippen molar-refractivity contribution in [3.8, 4) is 0 Å². The van der Waals surface area contributed by atoms with Crippen LogP contribution in [0.15, 0.2) is 23.1 Å². The molecule has 0 amide bonds. The van der Waals surface area contributed by atoms with Crippen LogP contribution in [-0.4, -0.2) is 10.3 Å². The molecule has 0 saturated heterocycles. The Morgan fingerprint density at radius 1 is 1.44 bits per heavy atom. The molecule has 1 aromatic rings. The second-order valence-electron chi connectivity index (χ2n) is 5.39. The van der Waals surface area contributed by atoms with Crippen molar-refractivity contribution >= 4 is 12.6 Å². The number of pyridine rings is 1. The van der Waals surface area contributed by atoms with E-state index in [2.05, 4.69) is 33.4 Å². The third kappa shape index (κ3) is 3.14. The van der Waals surface area contributed by atoms with E-state index >= 15 is 0 Å². The molecule has 16 heavy (non-hydrogen) atoms. The van der Waals surface area contributed by atoms with Crippen LogP contribution >= 0.6 is 12.6 Å². The van der Waals surface area contributed by atoms with Crippen LogP contribution in [0.4, 0.5) is 0 Å². The molecule has 0 aliphatic heterocycles. The van der Waals surface area contributed by atoms with Crippen molar-refractivity contribution in [2.24, 2.45) is 11.3 Å². The van der Waals surface area contributed by atoms with Crippen LogP contribution < -0.4 is 5.56 Å². The van der Waals surface area contributed by atoms with Gasteiger partial charge in [-0.05, 0) is 30.1 Å². The molecule has 1 heterocycles. The average Bonchev–Trinajstić information content (AvgIpc) is 2.18. The Morgan fingerprint density at radius 2 is 2.06 bits per heavy atom. The summed E-state index contributed by atoms with van der Waals surface area (Å²) < 4.78 is 1.79. The van der Waals surface area contributed by atoms with Crippen LogP contribution in [0.5, 0.6) is 0 Å². The lowest BCUT2D eigenvalue weighted by atomic mass is 9.82. The van der Waals surface area contributed by atoms with Crippen molar-refractivity contribution < 1.29 is 0 Å². The molecule has 0 aliphatic carbocycles. The molecule has 0 bridgehead atoms. The van der Waals surface area contributed by atoms with Gasteiger partial charge in [-0.25, -0.2) is 0 Å². The summed E-state index contributed by atoms with van der Waals surface area (Å²) in [6, 6.07) is 3.78. The molecule has 1 rings (SSSR count). The lowest BCUT2D eigenvalue weighted by Crippen LogP contribution is -2.32. The van der Waals surface area contributed by atoms with E-state index in [0.29, 0.717) is 5.92 Å². The molecule has 3 heteroatoms. The van der Waals surface area contributed by atoms with Gasteiger partial charge < -0.3 is 4.57 Å². The predicted molar refractivity (Wildman–Crippen MR) is 72.2 cm³/mol. The summed E-state index contributed by atoms with van der Waals surface area (Å²) >= 11 is 4.38. The van der Waals surface area contributed by atoms with E-state index in [1.54, 1.807) is 4.57 Å². The number of hydrogen-bond acceptors (Lipinski definition) is 2. The Balaban J connectivity index is 2.96. The molecule has 0 aliphatic rings. The van der Waals surface area contributed by atoms with Gasteiger partial charge in [0.2, 0.25) is 0 Å².